The number of phenolic OH excluding ortho intramolecular Hbond substituents is 1. The highest BCUT2D eigenvalue weighted by Crippen LogP contribution is 2.56. The Hall–Kier alpha value is -4.67. The third-order valence-electron chi connectivity index (χ3n) is 8.86. The Labute approximate surface area is 267 Å². The number of aromatic hydroxyl groups is 1. The lowest BCUT2D eigenvalue weighted by Crippen LogP contribution is -2.37. The zero-order valence-electron chi connectivity index (χ0n) is 24.2. The Bertz CT molecular complexity index is 1940. The number of halogens is 1. The van der Waals surface area contributed by atoms with Gasteiger partial charge in [0.05, 0.1) is 48.0 Å². The maximum Gasteiger partial charge on any atom is 0.310 e. The van der Waals surface area contributed by atoms with E-state index in [4.69, 9.17) is 40.3 Å². The molecule has 228 valence electrons. The van der Waals surface area contributed by atoms with Crippen LogP contribution in [0, 0.1) is 11.8 Å². The Balaban J connectivity index is 1.22. The van der Waals surface area contributed by atoms with Crippen LogP contribution in [-0.2, 0) is 9.53 Å². The minimum Gasteiger partial charge on any atom is -0.502 e. The molecule has 4 aromatic carbocycles. The Morgan fingerprint density at radius 1 is 0.956 bits per heavy atom. The van der Waals surface area contributed by atoms with E-state index in [-0.39, 0.29) is 48.6 Å². The summed E-state index contributed by atoms with van der Waals surface area (Å²) in [6.07, 6.45) is 0. The fourth-order valence-corrected chi connectivity index (χ4v) is 8.12. The molecule has 1 aromatic heterocycles. The molecule has 1 fully saturated rings. The van der Waals surface area contributed by atoms with Gasteiger partial charge in [0, 0.05) is 23.1 Å². The molecule has 5 aromatic rings. The first-order valence-corrected chi connectivity index (χ1v) is 15.6. The molecule has 1 saturated heterocycles. The molecule has 0 bridgehead atoms. The van der Waals surface area contributed by atoms with Gasteiger partial charge < -0.3 is 34.1 Å². The Morgan fingerprint density at radius 3 is 2.40 bits per heavy atom. The van der Waals surface area contributed by atoms with E-state index in [0.29, 0.717) is 16.5 Å². The number of thiazole rings is 1. The van der Waals surface area contributed by atoms with Crippen molar-refractivity contribution in [1.82, 2.24) is 4.98 Å². The average molecular weight is 643 g/mol. The van der Waals surface area contributed by atoms with Gasteiger partial charge >= 0.3 is 5.97 Å². The van der Waals surface area contributed by atoms with Crippen molar-refractivity contribution >= 4 is 44.8 Å². The van der Waals surface area contributed by atoms with Crippen LogP contribution < -0.4 is 24.3 Å². The second-order valence-electron chi connectivity index (χ2n) is 11.2. The third kappa shape index (κ3) is 4.50. The summed E-state index contributed by atoms with van der Waals surface area (Å²) in [5.41, 5.74) is 5.15. The monoisotopic (exact) mass is 642 g/mol. The Kier molecular flexibility index (Phi) is 6.65. The number of carbonyl (C=O) groups excluding carboxylic acids is 1. The molecule has 0 saturated carbocycles. The summed E-state index contributed by atoms with van der Waals surface area (Å²) < 4.78 is 29.3. The van der Waals surface area contributed by atoms with Gasteiger partial charge in [-0.05, 0) is 71.3 Å². The number of ether oxygens (including phenoxy) is 5. The predicted molar refractivity (Wildman–Crippen MR) is 170 cm³/mol. The number of phenols is 1. The van der Waals surface area contributed by atoms with E-state index in [1.165, 1.54) is 14.2 Å². The highest BCUT2D eigenvalue weighted by molar-refractivity contribution is 7.21. The first-order valence-electron chi connectivity index (χ1n) is 14.4. The lowest BCUT2D eigenvalue weighted by molar-refractivity contribution is -0.141. The van der Waals surface area contributed by atoms with Crippen LogP contribution in [0.5, 0.6) is 28.7 Å². The molecule has 0 amide bonds. The maximum absolute atomic E-state index is 13.5. The number of para-hydroxylation sites is 1. The minimum atomic E-state index is -0.535. The van der Waals surface area contributed by atoms with Gasteiger partial charge in [-0.1, -0.05) is 23.7 Å². The van der Waals surface area contributed by atoms with Crippen LogP contribution in [0.1, 0.15) is 28.7 Å². The molecule has 3 aliphatic rings. The van der Waals surface area contributed by atoms with Crippen LogP contribution in [0.2, 0.25) is 5.02 Å². The van der Waals surface area contributed by atoms with E-state index >= 15 is 0 Å². The molecule has 2 N–H and O–H groups in total. The fourth-order valence-electron chi connectivity index (χ4n) is 6.79. The number of hydrogen-bond donors (Lipinski definition) is 2. The van der Waals surface area contributed by atoms with Crippen molar-refractivity contribution in [2.45, 2.75) is 12.0 Å². The van der Waals surface area contributed by atoms with Crippen LogP contribution in [0.15, 0.2) is 66.7 Å². The summed E-state index contributed by atoms with van der Waals surface area (Å²) >= 11 is 8.46. The summed E-state index contributed by atoms with van der Waals surface area (Å²) in [6, 6.07) is 20.9. The van der Waals surface area contributed by atoms with Gasteiger partial charge in [0.1, 0.15) is 5.01 Å². The van der Waals surface area contributed by atoms with Gasteiger partial charge in [-0.2, -0.15) is 0 Å². The van der Waals surface area contributed by atoms with Crippen LogP contribution in [-0.4, -0.2) is 43.7 Å². The fraction of sp³-hybridized carbons (Fsp3) is 0.235. The van der Waals surface area contributed by atoms with Crippen LogP contribution >= 0.6 is 22.9 Å². The summed E-state index contributed by atoms with van der Waals surface area (Å²) in [4.78, 5) is 18.3. The number of cyclic esters (lactones) is 1. The number of methoxy groups -OCH3 is 2. The number of fused-ring (bicyclic) bond motifs is 4. The molecule has 2 aliphatic heterocycles. The molecule has 45 heavy (non-hydrogen) atoms. The van der Waals surface area contributed by atoms with Crippen LogP contribution in [0.3, 0.4) is 0 Å². The number of nitrogens with zero attached hydrogens (tertiary/aromatic N) is 1. The number of hydrogen-bond acceptors (Lipinski definition) is 10. The highest BCUT2D eigenvalue weighted by atomic mass is 35.5. The summed E-state index contributed by atoms with van der Waals surface area (Å²) in [7, 11) is 2.95. The van der Waals surface area contributed by atoms with Crippen LogP contribution in [0.25, 0.3) is 20.8 Å². The second kappa shape index (κ2) is 10.7. The number of benzene rings is 4. The normalized spacial score (nSPS) is 21.3. The van der Waals surface area contributed by atoms with Crippen molar-refractivity contribution in [2.75, 3.05) is 32.9 Å². The van der Waals surface area contributed by atoms with Crippen molar-refractivity contribution in [3.05, 3.63) is 88.4 Å². The summed E-state index contributed by atoms with van der Waals surface area (Å²) in [5, 5.41) is 15.7. The number of nitrogens with one attached hydrogen (secondary N) is 1. The number of anilines is 1. The molecule has 4 atom stereocenters. The SMILES string of the molecule is COc1cc([C@@H]2c3cc4c(cc3[C@@H](Nc3ccc(-c5nc6ccccc6s5)c(Cl)c3)[C@H]3COC(=O)[C@H]23)OCO4)cc(OC)c1O. The Morgan fingerprint density at radius 2 is 1.69 bits per heavy atom. The van der Waals surface area contributed by atoms with Gasteiger partial charge in [0.25, 0.3) is 0 Å². The minimum absolute atomic E-state index is 0.110. The first kappa shape index (κ1) is 27.8. The van der Waals surface area contributed by atoms with Crippen molar-refractivity contribution < 1.29 is 33.6 Å². The lowest BCUT2D eigenvalue weighted by atomic mass is 9.65. The number of esters is 1. The van der Waals surface area contributed by atoms with Crippen LogP contribution in [0.4, 0.5) is 5.69 Å². The molecule has 3 heterocycles. The van der Waals surface area contributed by atoms with E-state index in [2.05, 4.69) is 5.32 Å². The smallest absolute Gasteiger partial charge is 0.310 e. The summed E-state index contributed by atoms with van der Waals surface area (Å²) in [6.45, 7) is 0.342. The lowest BCUT2D eigenvalue weighted by Gasteiger charge is -2.40. The van der Waals surface area contributed by atoms with E-state index in [1.54, 1.807) is 23.5 Å². The molecule has 9 nitrogen and oxygen atoms in total. The molecular weight excluding hydrogens is 616 g/mol. The standard InChI is InChI=1S/C34H27ClN2O7S/c1-40-26-9-16(10-27(41-2)32(26)38)29-19-12-24-25(44-15-43-24)13-20(19)31(21-14-42-34(39)30(21)29)36-17-7-8-18(22(35)11-17)33-37-23-5-3-4-6-28(23)45-33/h3-13,21,29-31,36,38H,14-15H2,1-2H3/t21-,29+,30-,31+/m0/s1. The molecule has 11 heteroatoms. The van der Waals surface area contributed by atoms with Crippen molar-refractivity contribution in [1.29, 1.82) is 0 Å². The van der Waals surface area contributed by atoms with Gasteiger partial charge in [-0.3, -0.25) is 4.79 Å². The maximum atomic E-state index is 13.5. The zero-order chi connectivity index (χ0) is 30.8. The van der Waals surface area contributed by atoms with E-state index in [9.17, 15) is 9.90 Å². The number of carbonyl (C=O) groups is 1. The summed E-state index contributed by atoms with van der Waals surface area (Å²) in [5.74, 6) is 0.125. The predicted octanol–water partition coefficient (Wildman–Crippen LogP) is 7.16. The molecule has 8 rings (SSSR count). The van der Waals surface area contributed by atoms with Gasteiger partial charge in [-0.15, -0.1) is 11.3 Å². The van der Waals surface area contributed by atoms with E-state index in [0.717, 1.165) is 43.2 Å². The molecule has 0 spiro atoms. The largest absolute Gasteiger partial charge is 0.502 e. The van der Waals surface area contributed by atoms with E-state index in [1.807, 2.05) is 54.6 Å². The van der Waals surface area contributed by atoms with Gasteiger partial charge in [0.15, 0.2) is 23.0 Å². The third-order valence-corrected chi connectivity index (χ3v) is 10.2. The van der Waals surface area contributed by atoms with Gasteiger partial charge in [-0.25, -0.2) is 4.98 Å². The number of rotatable bonds is 6. The van der Waals surface area contributed by atoms with Crippen molar-refractivity contribution in [3.8, 4) is 39.3 Å². The zero-order valence-corrected chi connectivity index (χ0v) is 25.8. The average Bonchev–Trinajstić information content (AvgIpc) is 3.79. The van der Waals surface area contributed by atoms with Crippen molar-refractivity contribution in [3.63, 3.8) is 0 Å². The molecule has 1 aliphatic carbocycles. The highest BCUT2D eigenvalue weighted by Gasteiger charge is 2.52. The molecular formula is C34H27ClN2O7S. The second-order valence-corrected chi connectivity index (χ2v) is 12.6. The molecule has 0 unspecified atom stereocenters. The topological polar surface area (TPSA) is 108 Å². The quantitative estimate of drug-likeness (QED) is 0.187. The van der Waals surface area contributed by atoms with Crippen molar-refractivity contribution in [2.24, 2.45) is 11.8 Å². The number of aromatic nitrogens is 1. The van der Waals surface area contributed by atoms with E-state index < -0.39 is 11.8 Å². The molecule has 0 radical (unpaired) electrons. The first-order chi connectivity index (χ1) is 21.9. The van der Waals surface area contributed by atoms with Gasteiger partial charge in [0.2, 0.25) is 12.5 Å².